The van der Waals surface area contributed by atoms with Gasteiger partial charge >= 0.3 is 29.2 Å². The predicted molar refractivity (Wildman–Crippen MR) is 111 cm³/mol. The number of nitrogens with zero attached hydrogens (tertiary/aromatic N) is 2. The van der Waals surface area contributed by atoms with Crippen LogP contribution in [0.15, 0.2) is 24.3 Å². The van der Waals surface area contributed by atoms with Crippen LogP contribution >= 0.6 is 9.19 Å². The van der Waals surface area contributed by atoms with Gasteiger partial charge in [-0.1, -0.05) is 35.4 Å². The average molecular weight is 465 g/mol. The first-order valence-corrected chi connectivity index (χ1v) is 10.9. The Labute approximate surface area is 175 Å². The van der Waals surface area contributed by atoms with E-state index in [-0.39, 0.29) is 0 Å². The molecule has 26 heavy (non-hydrogen) atoms. The van der Waals surface area contributed by atoms with Crippen molar-refractivity contribution in [3.8, 4) is 0 Å². The van der Waals surface area contributed by atoms with Gasteiger partial charge in [-0.05, 0) is 83.3 Å². The summed E-state index contributed by atoms with van der Waals surface area (Å²) in [5.74, 6) is 0. The van der Waals surface area contributed by atoms with Crippen molar-refractivity contribution in [1.29, 1.82) is 0 Å². The molecule has 0 aliphatic carbocycles. The van der Waals surface area contributed by atoms with E-state index in [1.807, 2.05) is 0 Å². The summed E-state index contributed by atoms with van der Waals surface area (Å²) in [6.07, 6.45) is 1.18. The number of rotatable bonds is 2. The van der Waals surface area contributed by atoms with Gasteiger partial charge in [-0.3, -0.25) is 0 Å². The van der Waals surface area contributed by atoms with Gasteiger partial charge in [-0.2, -0.15) is 6.67 Å². The van der Waals surface area contributed by atoms with E-state index in [2.05, 4.69) is 111 Å². The average Bonchev–Trinajstić information content (AvgIpc) is 2.55. The molecule has 1 aliphatic heterocycles. The second-order valence-electron chi connectivity index (χ2n) is 7.35. The van der Waals surface area contributed by atoms with Crippen LogP contribution in [0.4, 0.5) is 11.4 Å². The van der Waals surface area contributed by atoms with E-state index in [0.717, 1.165) is 13.1 Å². The molecule has 0 aromatic heterocycles. The Bertz CT molecular complexity index is 663. The van der Waals surface area contributed by atoms with E-state index in [1.165, 1.54) is 51.2 Å². The summed E-state index contributed by atoms with van der Waals surface area (Å²) in [6, 6.07) is 9.16. The van der Waals surface area contributed by atoms with E-state index in [4.69, 9.17) is 0 Å². The SMILES string of the molecule is Cc1cc(C)c(N2[CH-]N(c3c(C)cc(C)cc3C)CCC2)c(C)c1.[Cl][Ag]. The molecule has 0 spiro atoms. The number of hydrogen-bond acceptors (Lipinski definition) is 2. The van der Waals surface area contributed by atoms with Crippen LogP contribution in [-0.4, -0.2) is 13.1 Å². The van der Waals surface area contributed by atoms with Crippen molar-refractivity contribution in [3.63, 3.8) is 0 Å². The fourth-order valence-corrected chi connectivity index (χ4v) is 4.29. The van der Waals surface area contributed by atoms with Crippen LogP contribution in [0.25, 0.3) is 0 Å². The van der Waals surface area contributed by atoms with Gasteiger partial charge in [0.1, 0.15) is 0 Å². The molecular formula is C22H29AgClN2-. The van der Waals surface area contributed by atoms with Crippen molar-refractivity contribution in [1.82, 2.24) is 0 Å². The molecule has 0 unspecified atom stereocenters. The molecule has 1 aliphatic rings. The molecule has 1 saturated heterocycles. The number of benzene rings is 2. The Hall–Kier alpha value is -0.930. The summed E-state index contributed by atoms with van der Waals surface area (Å²) in [5, 5.41) is 0. The van der Waals surface area contributed by atoms with Crippen molar-refractivity contribution in [2.75, 3.05) is 22.9 Å². The molecule has 1 heterocycles. The van der Waals surface area contributed by atoms with Gasteiger partial charge < -0.3 is 9.80 Å². The van der Waals surface area contributed by atoms with Crippen molar-refractivity contribution < 1.29 is 20.0 Å². The fourth-order valence-electron chi connectivity index (χ4n) is 4.29. The van der Waals surface area contributed by atoms with Crippen LogP contribution in [0.3, 0.4) is 0 Å². The first-order valence-electron chi connectivity index (χ1n) is 9.02. The normalized spacial score (nSPS) is 14.2. The molecule has 0 saturated carbocycles. The van der Waals surface area contributed by atoms with E-state index in [9.17, 15) is 0 Å². The molecule has 2 nitrogen and oxygen atoms in total. The molecule has 4 heteroatoms. The molecule has 2 aromatic rings. The zero-order valence-electron chi connectivity index (χ0n) is 16.6. The summed E-state index contributed by atoms with van der Waals surface area (Å²) < 4.78 is 0. The first-order chi connectivity index (χ1) is 12.4. The van der Waals surface area contributed by atoms with Crippen LogP contribution in [0, 0.1) is 48.2 Å². The van der Waals surface area contributed by atoms with E-state index >= 15 is 0 Å². The van der Waals surface area contributed by atoms with E-state index in [0.29, 0.717) is 0 Å². The molecule has 1 fully saturated rings. The van der Waals surface area contributed by atoms with E-state index < -0.39 is 0 Å². The summed E-state index contributed by atoms with van der Waals surface area (Å²) in [5.41, 5.74) is 10.9. The molecule has 0 N–H and O–H groups in total. The second kappa shape index (κ2) is 9.32. The van der Waals surface area contributed by atoms with Gasteiger partial charge in [0.2, 0.25) is 0 Å². The maximum atomic E-state index is 4.45. The number of hydrogen-bond donors (Lipinski definition) is 0. The van der Waals surface area contributed by atoms with Crippen LogP contribution < -0.4 is 9.80 Å². The Morgan fingerprint density at radius 3 is 1.31 bits per heavy atom. The monoisotopic (exact) mass is 463 g/mol. The van der Waals surface area contributed by atoms with Crippen molar-refractivity contribution >= 4 is 20.6 Å². The zero-order chi connectivity index (χ0) is 19.4. The molecular weight excluding hydrogens is 436 g/mol. The third-order valence-corrected chi connectivity index (χ3v) is 4.92. The standard InChI is InChI=1S/C22H29N2.Ag.ClH/c1-15-10-17(3)21(18(4)11-15)23-8-7-9-24(14-23)22-19(5)12-16(2)13-20(22)6;;/h10-14H,7-9H2,1-6H3;;1H/q-1;+1;/p-1. The topological polar surface area (TPSA) is 6.48 Å². The molecule has 3 rings (SSSR count). The third-order valence-electron chi connectivity index (χ3n) is 4.92. The quantitative estimate of drug-likeness (QED) is 0.394. The summed E-state index contributed by atoms with van der Waals surface area (Å²) >= 11 is 2.42. The second-order valence-corrected chi connectivity index (χ2v) is 7.35. The molecule has 0 bridgehead atoms. The molecule has 0 amide bonds. The van der Waals surface area contributed by atoms with Gasteiger partial charge in [0, 0.05) is 11.4 Å². The number of anilines is 2. The first kappa shape index (κ1) is 21.4. The van der Waals surface area contributed by atoms with Gasteiger partial charge in [0.15, 0.2) is 0 Å². The van der Waals surface area contributed by atoms with Crippen LogP contribution in [0.2, 0.25) is 0 Å². The van der Waals surface area contributed by atoms with Crippen LogP contribution in [-0.2, 0) is 20.0 Å². The fraction of sp³-hybridized carbons (Fsp3) is 0.409. The van der Waals surface area contributed by atoms with Crippen molar-refractivity contribution in [3.05, 3.63) is 64.3 Å². The van der Waals surface area contributed by atoms with Gasteiger partial charge in [0.05, 0.1) is 0 Å². The van der Waals surface area contributed by atoms with Gasteiger partial charge in [-0.15, -0.1) is 0 Å². The van der Waals surface area contributed by atoms with Crippen LogP contribution in [0.1, 0.15) is 39.8 Å². The molecule has 2 aromatic carbocycles. The Morgan fingerprint density at radius 1 is 0.692 bits per heavy atom. The molecule has 146 valence electrons. The van der Waals surface area contributed by atoms with E-state index in [1.54, 1.807) is 0 Å². The number of aryl methyl sites for hydroxylation is 6. The minimum absolute atomic E-state index is 1.09. The zero-order valence-corrected chi connectivity index (χ0v) is 18.8. The maximum absolute atomic E-state index is 4.45. The third kappa shape index (κ3) is 4.67. The van der Waals surface area contributed by atoms with Crippen molar-refractivity contribution in [2.45, 2.75) is 48.0 Å². The summed E-state index contributed by atoms with van der Waals surface area (Å²) in [4.78, 5) is 4.87. The minimum atomic E-state index is 1.09. The number of halogens is 1. The summed E-state index contributed by atoms with van der Waals surface area (Å²) in [6.45, 7) is 17.8. The van der Waals surface area contributed by atoms with Crippen molar-refractivity contribution in [2.24, 2.45) is 0 Å². The summed E-state index contributed by atoms with van der Waals surface area (Å²) in [7, 11) is 4.45. The Balaban J connectivity index is 0.00000117. The molecule has 0 atom stereocenters. The van der Waals surface area contributed by atoms with Crippen LogP contribution in [0.5, 0.6) is 0 Å². The van der Waals surface area contributed by atoms with Gasteiger partial charge in [0.25, 0.3) is 0 Å². The molecule has 0 radical (unpaired) electrons. The Morgan fingerprint density at radius 2 is 1.00 bits per heavy atom. The predicted octanol–water partition coefficient (Wildman–Crippen LogP) is 6.06. The Kier molecular flexibility index (Phi) is 7.66. The van der Waals surface area contributed by atoms with Gasteiger partial charge in [-0.25, -0.2) is 0 Å².